The Balaban J connectivity index is 0.000000492. The first-order valence-corrected chi connectivity index (χ1v) is 16.0. The number of nitrogens with zero attached hydrogens (tertiary/aromatic N) is 4. The van der Waals surface area contributed by atoms with Crippen LogP contribution >= 0.6 is 0 Å². The van der Waals surface area contributed by atoms with Gasteiger partial charge in [0, 0.05) is 31.1 Å². The van der Waals surface area contributed by atoms with E-state index in [1.54, 1.807) is 18.9 Å². The van der Waals surface area contributed by atoms with Gasteiger partial charge in [-0.1, -0.05) is 6.58 Å². The number of likely N-dealkylation sites (N-methyl/N-ethyl adjacent to an activating group) is 1. The van der Waals surface area contributed by atoms with Gasteiger partial charge in [-0.15, -0.1) is 0 Å². The zero-order chi connectivity index (χ0) is 39.2. The summed E-state index contributed by atoms with van der Waals surface area (Å²) in [5, 5.41) is 31.0. The number of aldehydes is 1. The van der Waals surface area contributed by atoms with E-state index in [4.69, 9.17) is 33.6 Å². The van der Waals surface area contributed by atoms with Crippen molar-refractivity contribution in [2.24, 2.45) is 0 Å². The van der Waals surface area contributed by atoms with E-state index < -0.39 is 15.5 Å². The van der Waals surface area contributed by atoms with Crippen molar-refractivity contribution in [2.45, 2.75) is 44.8 Å². The Morgan fingerprint density at radius 3 is 1.85 bits per heavy atom. The van der Waals surface area contributed by atoms with Crippen molar-refractivity contribution in [2.75, 3.05) is 68.3 Å². The summed E-state index contributed by atoms with van der Waals surface area (Å²) in [6, 6.07) is 5.62. The highest BCUT2D eigenvalue weighted by Crippen LogP contribution is 2.35. The summed E-state index contributed by atoms with van der Waals surface area (Å²) in [6.07, 6.45) is 4.42. The molecule has 288 valence electrons. The standard InChI is InChI=1S/C19H20N2O9.C8H15NO.C5H9NO2.C2H4O2/c1-12-7-16(27-2)18(9-14(12)20(23)24)29-5-4-6-30-19-10-15(21(25)26)13(11-22)8-17(19)28-3;1-7(10-3)8-5-4-6-9(8)2;7-4-6-2-1-5(8)3-6;1-4-2-3/h7-11H,4-6H2,1-3H3;8H,1,4-6H2,2-3H3;4-5,8H,1-3H2;2H,1H3. The normalized spacial score (nSPS) is 15.9. The minimum atomic E-state index is -0.685. The zero-order valence-electron chi connectivity index (χ0n) is 30.3. The van der Waals surface area contributed by atoms with Crippen molar-refractivity contribution in [1.29, 1.82) is 0 Å². The maximum Gasteiger partial charge on any atom is 0.292 e. The summed E-state index contributed by atoms with van der Waals surface area (Å²) in [4.78, 5) is 54.8. The summed E-state index contributed by atoms with van der Waals surface area (Å²) < 4.78 is 30.3. The lowest BCUT2D eigenvalue weighted by atomic mass is 10.1. The van der Waals surface area contributed by atoms with Crippen LogP contribution in [-0.2, 0) is 19.1 Å². The van der Waals surface area contributed by atoms with E-state index in [0.29, 0.717) is 49.6 Å². The summed E-state index contributed by atoms with van der Waals surface area (Å²) in [7, 11) is 7.89. The largest absolute Gasteiger partial charge is 0.500 e. The lowest BCUT2D eigenvalue weighted by molar-refractivity contribution is -0.385. The van der Waals surface area contributed by atoms with Crippen molar-refractivity contribution in [3.8, 4) is 23.0 Å². The van der Waals surface area contributed by atoms with Crippen LogP contribution in [0.3, 0.4) is 0 Å². The SMILES string of the molecule is C=C(OC)C1CCCN1C.COC=O.COc1cc(C)c([N+](=O)[O-])cc1OCCCOc1cc([N+](=O)[O-])c(C=O)cc1OC.O=CN1CCC(O)C1. The number of aryl methyl sites for hydroxylation is 1. The molecule has 18 nitrogen and oxygen atoms in total. The zero-order valence-corrected chi connectivity index (χ0v) is 30.3. The van der Waals surface area contributed by atoms with Crippen molar-refractivity contribution in [3.63, 3.8) is 0 Å². The molecule has 2 unspecified atom stereocenters. The number of rotatable bonds is 15. The van der Waals surface area contributed by atoms with Gasteiger partial charge in [-0.25, -0.2) is 0 Å². The molecule has 2 heterocycles. The fourth-order valence-corrected chi connectivity index (χ4v) is 4.95. The van der Waals surface area contributed by atoms with Gasteiger partial charge < -0.3 is 38.4 Å². The van der Waals surface area contributed by atoms with E-state index >= 15 is 0 Å². The molecule has 4 rings (SSSR count). The van der Waals surface area contributed by atoms with Crippen molar-refractivity contribution < 1.29 is 57.8 Å². The maximum atomic E-state index is 11.1. The van der Waals surface area contributed by atoms with Crippen LogP contribution < -0.4 is 18.9 Å². The number of carbonyl (C=O) groups excluding carboxylic acids is 3. The molecular formula is C34H48N4O14. The van der Waals surface area contributed by atoms with Gasteiger partial charge in [-0.05, 0) is 45.8 Å². The van der Waals surface area contributed by atoms with Gasteiger partial charge in [-0.2, -0.15) is 0 Å². The Morgan fingerprint density at radius 2 is 1.46 bits per heavy atom. The summed E-state index contributed by atoms with van der Waals surface area (Å²) in [5.74, 6) is 1.77. The summed E-state index contributed by atoms with van der Waals surface area (Å²) in [5.41, 5.74) is -0.163. The van der Waals surface area contributed by atoms with Crippen LogP contribution in [0.2, 0.25) is 0 Å². The number of hydrogen-bond donors (Lipinski definition) is 1. The molecule has 2 aliphatic heterocycles. The first-order valence-electron chi connectivity index (χ1n) is 16.0. The summed E-state index contributed by atoms with van der Waals surface area (Å²) in [6.45, 7) is 8.48. The van der Waals surface area contributed by atoms with Gasteiger partial charge in [0.1, 0.15) is 5.76 Å². The molecule has 0 aliphatic carbocycles. The third-order valence-electron chi connectivity index (χ3n) is 7.71. The molecule has 1 N–H and O–H groups in total. The first-order chi connectivity index (χ1) is 24.8. The van der Waals surface area contributed by atoms with Crippen LogP contribution in [0.15, 0.2) is 36.6 Å². The van der Waals surface area contributed by atoms with Crippen LogP contribution in [0.25, 0.3) is 0 Å². The molecule has 2 aliphatic rings. The van der Waals surface area contributed by atoms with Gasteiger partial charge in [0.05, 0.1) is 81.3 Å². The van der Waals surface area contributed by atoms with E-state index in [0.717, 1.165) is 24.7 Å². The molecule has 2 fully saturated rings. The molecule has 0 aromatic heterocycles. The Labute approximate surface area is 302 Å². The van der Waals surface area contributed by atoms with Crippen LogP contribution in [0.5, 0.6) is 23.0 Å². The minimum absolute atomic E-state index is 0.0886. The highest BCUT2D eigenvalue weighted by atomic mass is 16.6. The predicted molar refractivity (Wildman–Crippen MR) is 188 cm³/mol. The molecule has 2 aromatic carbocycles. The highest BCUT2D eigenvalue weighted by molar-refractivity contribution is 5.83. The molecule has 2 atom stereocenters. The number of aliphatic hydroxyl groups is 1. The number of β-amino-alcohol motifs (C(OH)–C–C–N with tert-alkyl or cyclic N) is 1. The molecular weight excluding hydrogens is 688 g/mol. The number of methoxy groups -OCH3 is 4. The number of nitro benzene ring substituents is 2. The van der Waals surface area contributed by atoms with Gasteiger partial charge in [-0.3, -0.25) is 39.5 Å². The molecule has 0 saturated carbocycles. The second kappa shape index (κ2) is 23.8. The summed E-state index contributed by atoms with van der Waals surface area (Å²) >= 11 is 0. The maximum absolute atomic E-state index is 11.1. The van der Waals surface area contributed by atoms with Crippen LogP contribution in [-0.4, -0.2) is 124 Å². The number of carbonyl (C=O) groups is 3. The van der Waals surface area contributed by atoms with Crippen molar-refractivity contribution >= 4 is 30.5 Å². The number of amides is 1. The Morgan fingerprint density at radius 1 is 0.904 bits per heavy atom. The molecule has 18 heteroatoms. The van der Waals surface area contributed by atoms with E-state index in [1.165, 1.54) is 58.9 Å². The average Bonchev–Trinajstić information content (AvgIpc) is 3.78. The first kappa shape index (κ1) is 44.5. The highest BCUT2D eigenvalue weighted by Gasteiger charge is 2.24. The number of benzene rings is 2. The third kappa shape index (κ3) is 14.4. The van der Waals surface area contributed by atoms with E-state index in [-0.39, 0.29) is 47.8 Å². The van der Waals surface area contributed by atoms with E-state index in [9.17, 15) is 29.8 Å². The fraction of sp³-hybridized carbons (Fsp3) is 0.500. The Bertz CT molecular complexity index is 1490. The second-order valence-corrected chi connectivity index (χ2v) is 11.2. The monoisotopic (exact) mass is 736 g/mol. The Kier molecular flexibility index (Phi) is 20.4. The molecule has 2 saturated heterocycles. The molecule has 1 amide bonds. The van der Waals surface area contributed by atoms with Gasteiger partial charge in [0.2, 0.25) is 6.41 Å². The molecule has 0 spiro atoms. The second-order valence-electron chi connectivity index (χ2n) is 11.2. The minimum Gasteiger partial charge on any atom is -0.500 e. The number of ether oxygens (including phenoxy) is 6. The van der Waals surface area contributed by atoms with Gasteiger partial charge >= 0.3 is 0 Å². The molecule has 0 radical (unpaired) electrons. The fourth-order valence-electron chi connectivity index (χ4n) is 4.95. The van der Waals surface area contributed by atoms with E-state index in [1.807, 2.05) is 0 Å². The number of hydrogen-bond acceptors (Lipinski definition) is 15. The van der Waals surface area contributed by atoms with Gasteiger partial charge in [0.15, 0.2) is 29.3 Å². The van der Waals surface area contributed by atoms with Crippen LogP contribution in [0, 0.1) is 27.2 Å². The molecule has 52 heavy (non-hydrogen) atoms. The molecule has 2 aromatic rings. The van der Waals surface area contributed by atoms with Crippen LogP contribution in [0.4, 0.5) is 11.4 Å². The smallest absolute Gasteiger partial charge is 0.292 e. The Hall–Kier alpha value is -5.49. The van der Waals surface area contributed by atoms with Gasteiger partial charge in [0.25, 0.3) is 17.8 Å². The quantitative estimate of drug-likeness (QED) is 0.0905. The number of nitro groups is 2. The van der Waals surface area contributed by atoms with E-state index in [2.05, 4.69) is 23.3 Å². The topological polar surface area (TPSA) is 220 Å². The number of aliphatic hydroxyl groups excluding tert-OH is 1. The third-order valence-corrected chi connectivity index (χ3v) is 7.71. The lowest BCUT2D eigenvalue weighted by Gasteiger charge is -2.19. The number of likely N-dealkylation sites (tertiary alicyclic amines) is 2. The van der Waals surface area contributed by atoms with Crippen LogP contribution in [0.1, 0.15) is 41.6 Å². The van der Waals surface area contributed by atoms with Crippen molar-refractivity contribution in [3.05, 3.63) is 68.0 Å². The predicted octanol–water partition coefficient (Wildman–Crippen LogP) is 3.73. The lowest BCUT2D eigenvalue weighted by Crippen LogP contribution is -2.26. The van der Waals surface area contributed by atoms with Crippen molar-refractivity contribution in [1.82, 2.24) is 9.80 Å². The average molecular weight is 737 g/mol. The molecule has 0 bridgehead atoms.